The molecule has 1 saturated heterocycles. The lowest BCUT2D eigenvalue weighted by molar-refractivity contribution is 0.115. The van der Waals surface area contributed by atoms with Crippen LogP contribution in [0.15, 0.2) is 28.7 Å². The quantitative estimate of drug-likeness (QED) is 0.792. The normalized spacial score (nSPS) is 22.7. The van der Waals surface area contributed by atoms with Crippen molar-refractivity contribution in [2.24, 2.45) is 9.81 Å². The van der Waals surface area contributed by atoms with Crippen molar-refractivity contribution in [3.8, 4) is 0 Å². The Kier molecular flexibility index (Phi) is 4.38. The van der Waals surface area contributed by atoms with E-state index < -0.39 is 22.2 Å². The van der Waals surface area contributed by atoms with Gasteiger partial charge in [0.05, 0.1) is 0 Å². The summed E-state index contributed by atoms with van der Waals surface area (Å²) in [5, 5.41) is 9.21. The Balaban J connectivity index is 1.98. The van der Waals surface area contributed by atoms with Crippen LogP contribution in [0, 0.1) is 5.41 Å². The molecule has 1 aliphatic carbocycles. The highest BCUT2D eigenvalue weighted by Crippen LogP contribution is 2.45. The van der Waals surface area contributed by atoms with Gasteiger partial charge in [-0.05, 0) is 45.6 Å². The van der Waals surface area contributed by atoms with Crippen molar-refractivity contribution < 1.29 is 14.5 Å². The van der Waals surface area contributed by atoms with Gasteiger partial charge in [0.1, 0.15) is 21.8 Å². The summed E-state index contributed by atoms with van der Waals surface area (Å²) in [5.41, 5.74) is 3.04. The first kappa shape index (κ1) is 17.3. The van der Waals surface area contributed by atoms with E-state index in [1.165, 1.54) is 10.5 Å². The van der Waals surface area contributed by atoms with E-state index in [0.29, 0.717) is 13.1 Å². The molecule has 3 rings (SSSR count). The third-order valence-corrected chi connectivity index (χ3v) is 6.39. The summed E-state index contributed by atoms with van der Waals surface area (Å²) in [5.74, 6) is 0. The molecule has 1 amide bonds. The number of carboxylic acid groups (broad SMARTS) is 1. The fraction of sp³-hybridized carbons (Fsp3) is 0.556. The third kappa shape index (κ3) is 3.05. The Morgan fingerprint density at radius 3 is 2.50 bits per heavy atom. The lowest BCUT2D eigenvalue weighted by Gasteiger charge is -2.38. The molecule has 2 aliphatic rings. The minimum absolute atomic E-state index is 0.184. The van der Waals surface area contributed by atoms with Crippen LogP contribution in [-0.4, -0.2) is 44.2 Å². The van der Waals surface area contributed by atoms with Gasteiger partial charge in [-0.1, -0.05) is 28.7 Å². The number of rotatable bonds is 1. The lowest BCUT2D eigenvalue weighted by Crippen LogP contribution is -2.45. The van der Waals surface area contributed by atoms with Gasteiger partial charge in [0.2, 0.25) is 0 Å². The number of piperidine rings is 1. The minimum Gasteiger partial charge on any atom is -0.591 e. The van der Waals surface area contributed by atoms with Gasteiger partial charge < -0.3 is 14.6 Å². The summed E-state index contributed by atoms with van der Waals surface area (Å²) in [6.07, 6.45) is 1.45. The molecule has 1 aromatic carbocycles. The molecule has 130 valence electrons. The molecule has 1 fully saturated rings. The maximum absolute atomic E-state index is 12.6. The molecule has 1 heterocycles. The van der Waals surface area contributed by atoms with Gasteiger partial charge in [-0.3, -0.25) is 0 Å². The van der Waals surface area contributed by atoms with Crippen LogP contribution in [0.5, 0.6) is 0 Å². The number of fused-ring (bicyclic) bond motifs is 1. The number of benzene rings is 1. The molecular weight excluding hydrogens is 324 g/mol. The predicted molar refractivity (Wildman–Crippen MR) is 95.8 cm³/mol. The summed E-state index contributed by atoms with van der Waals surface area (Å²) < 4.78 is 16.9. The summed E-state index contributed by atoms with van der Waals surface area (Å²) in [6.45, 7) is 6.78. The van der Waals surface area contributed by atoms with Crippen molar-refractivity contribution in [3.63, 3.8) is 0 Å². The van der Waals surface area contributed by atoms with Crippen LogP contribution in [0.25, 0.3) is 0 Å². The Bertz CT molecular complexity index is 673. The first-order valence-corrected chi connectivity index (χ1v) is 9.41. The van der Waals surface area contributed by atoms with Crippen LogP contribution < -0.4 is 0 Å². The molecule has 1 aliphatic heterocycles. The maximum Gasteiger partial charge on any atom is 0.407 e. The smallest absolute Gasteiger partial charge is 0.407 e. The average Bonchev–Trinajstić information content (AvgIpc) is 2.80. The van der Waals surface area contributed by atoms with Gasteiger partial charge in [-0.25, -0.2) is 4.79 Å². The zero-order chi connectivity index (χ0) is 17.5. The first-order valence-electron chi connectivity index (χ1n) is 8.30. The number of hydrogen-bond acceptors (Lipinski definition) is 3. The van der Waals surface area contributed by atoms with Crippen LogP contribution in [-0.2, 0) is 17.8 Å². The summed E-state index contributed by atoms with van der Waals surface area (Å²) >= 11 is -1.32. The van der Waals surface area contributed by atoms with E-state index in [2.05, 4.69) is 10.5 Å². The number of hydrogen-bond donors (Lipinski definition) is 1. The van der Waals surface area contributed by atoms with E-state index in [1.807, 2.05) is 39.0 Å². The van der Waals surface area contributed by atoms with Crippen LogP contribution >= 0.6 is 0 Å². The van der Waals surface area contributed by atoms with Crippen molar-refractivity contribution in [3.05, 3.63) is 35.4 Å². The molecule has 0 aromatic heterocycles. The van der Waals surface area contributed by atoms with E-state index in [0.717, 1.165) is 30.5 Å². The molecule has 0 saturated carbocycles. The van der Waals surface area contributed by atoms with Gasteiger partial charge in [0, 0.05) is 24.1 Å². The van der Waals surface area contributed by atoms with Gasteiger partial charge in [-0.2, -0.15) is 0 Å². The zero-order valence-corrected chi connectivity index (χ0v) is 15.2. The molecule has 0 bridgehead atoms. The Hall–Kier alpha value is -1.53. The topological polar surface area (TPSA) is 76.0 Å². The van der Waals surface area contributed by atoms with Crippen LogP contribution in [0.4, 0.5) is 4.79 Å². The SMILES string of the molecule is CC(C)(C)[S@@+]([O-])/N=C1\c2ccccc2CC12CCN(C(=O)O)CC2. The highest BCUT2D eigenvalue weighted by atomic mass is 32.2. The molecule has 0 unspecified atom stereocenters. The maximum atomic E-state index is 12.6. The highest BCUT2D eigenvalue weighted by molar-refractivity contribution is 7.91. The van der Waals surface area contributed by atoms with E-state index in [4.69, 9.17) is 0 Å². The van der Waals surface area contributed by atoms with Crippen molar-refractivity contribution in [2.75, 3.05) is 13.1 Å². The molecule has 1 aromatic rings. The molecule has 1 spiro atoms. The second kappa shape index (κ2) is 6.08. The second-order valence-electron chi connectivity index (χ2n) is 7.69. The number of carbonyl (C=O) groups is 1. The second-order valence-corrected chi connectivity index (χ2v) is 9.59. The Morgan fingerprint density at radius 2 is 1.92 bits per heavy atom. The highest BCUT2D eigenvalue weighted by Gasteiger charge is 2.47. The average molecular weight is 348 g/mol. The standard InChI is InChI=1S/C18H24N2O3S/c1-17(2,3)24(23)19-15-14-7-5-4-6-13(14)12-18(15)8-10-20(11-9-18)16(21)22/h4-7H,8-12H2,1-3H3,(H,21,22)/b19-15+/t24-/m1/s1. The number of amides is 1. The number of nitrogens with zero attached hydrogens (tertiary/aromatic N) is 2. The molecule has 24 heavy (non-hydrogen) atoms. The van der Waals surface area contributed by atoms with E-state index in [9.17, 15) is 14.5 Å². The molecule has 1 atom stereocenters. The fourth-order valence-electron chi connectivity index (χ4n) is 3.54. The Labute approximate surface area is 146 Å². The van der Waals surface area contributed by atoms with E-state index in [-0.39, 0.29) is 5.41 Å². The van der Waals surface area contributed by atoms with Crippen molar-refractivity contribution in [1.29, 1.82) is 0 Å². The first-order chi connectivity index (χ1) is 11.2. The summed E-state index contributed by atoms with van der Waals surface area (Å²) in [6, 6.07) is 8.15. The van der Waals surface area contributed by atoms with Gasteiger partial charge >= 0.3 is 6.09 Å². The summed E-state index contributed by atoms with van der Waals surface area (Å²) in [7, 11) is 0. The molecule has 6 heteroatoms. The third-order valence-electron chi connectivity index (χ3n) is 4.99. The monoisotopic (exact) mass is 348 g/mol. The van der Waals surface area contributed by atoms with Gasteiger partial charge in [0.15, 0.2) is 0 Å². The van der Waals surface area contributed by atoms with Crippen molar-refractivity contribution in [2.45, 2.75) is 44.8 Å². The van der Waals surface area contributed by atoms with Crippen molar-refractivity contribution >= 4 is 23.2 Å². The predicted octanol–water partition coefficient (Wildman–Crippen LogP) is 3.25. The van der Waals surface area contributed by atoms with Crippen LogP contribution in [0.2, 0.25) is 0 Å². The zero-order valence-electron chi connectivity index (χ0n) is 14.4. The van der Waals surface area contributed by atoms with Gasteiger partial charge in [-0.15, -0.1) is 0 Å². The van der Waals surface area contributed by atoms with Crippen molar-refractivity contribution in [1.82, 2.24) is 4.90 Å². The minimum atomic E-state index is -1.32. The summed E-state index contributed by atoms with van der Waals surface area (Å²) in [4.78, 5) is 12.7. The fourth-order valence-corrected chi connectivity index (χ4v) is 4.28. The Morgan fingerprint density at radius 1 is 1.29 bits per heavy atom. The van der Waals surface area contributed by atoms with E-state index in [1.54, 1.807) is 0 Å². The molecule has 0 radical (unpaired) electrons. The van der Waals surface area contributed by atoms with Crippen LogP contribution in [0.1, 0.15) is 44.7 Å². The molecule has 1 N–H and O–H groups in total. The molecule has 5 nitrogen and oxygen atoms in total. The number of likely N-dealkylation sites (tertiary alicyclic amines) is 1. The molecular formula is C18H24N2O3S. The van der Waals surface area contributed by atoms with Gasteiger partial charge in [0.25, 0.3) is 0 Å². The lowest BCUT2D eigenvalue weighted by atomic mass is 9.74. The van der Waals surface area contributed by atoms with Crippen LogP contribution in [0.3, 0.4) is 0 Å². The van der Waals surface area contributed by atoms with E-state index >= 15 is 0 Å². The largest absolute Gasteiger partial charge is 0.591 e.